The van der Waals surface area contributed by atoms with Crippen molar-refractivity contribution in [3.63, 3.8) is 0 Å². The molecule has 19 heavy (non-hydrogen) atoms. The monoisotopic (exact) mass is 270 g/mol. The molecule has 0 aromatic carbocycles. The van der Waals surface area contributed by atoms with E-state index in [0.717, 1.165) is 6.54 Å². The quantitative estimate of drug-likeness (QED) is 0.825. The first kappa shape index (κ1) is 16.3. The summed E-state index contributed by atoms with van der Waals surface area (Å²) >= 11 is 0. The molecule has 4 nitrogen and oxygen atoms in total. The van der Waals surface area contributed by atoms with Crippen molar-refractivity contribution in [3.05, 3.63) is 0 Å². The second kappa shape index (κ2) is 6.12. The Balaban J connectivity index is 2.27. The average Bonchev–Trinajstić information content (AvgIpc) is 2.24. The Labute approximate surface area is 117 Å². The summed E-state index contributed by atoms with van der Waals surface area (Å²) in [6.45, 7) is 9.15. The summed E-state index contributed by atoms with van der Waals surface area (Å²) in [6.07, 6.45) is 4.88. The predicted molar refractivity (Wildman–Crippen MR) is 78.1 cm³/mol. The number of aliphatic hydroxyl groups is 1. The van der Waals surface area contributed by atoms with Gasteiger partial charge in [-0.2, -0.15) is 0 Å². The largest absolute Gasteiger partial charge is 0.389 e. The van der Waals surface area contributed by atoms with E-state index in [9.17, 15) is 9.90 Å². The van der Waals surface area contributed by atoms with Gasteiger partial charge in [0.15, 0.2) is 0 Å². The molecule has 0 radical (unpaired) electrons. The molecule has 4 heteroatoms. The molecule has 0 atom stereocenters. The van der Waals surface area contributed by atoms with Crippen LogP contribution in [0.3, 0.4) is 0 Å². The number of amides is 2. The molecule has 0 aromatic rings. The van der Waals surface area contributed by atoms with Crippen LogP contribution in [0.1, 0.15) is 53.4 Å². The fourth-order valence-corrected chi connectivity index (χ4v) is 2.68. The number of urea groups is 1. The van der Waals surface area contributed by atoms with Crippen LogP contribution in [-0.4, -0.2) is 41.8 Å². The third kappa shape index (κ3) is 6.28. The summed E-state index contributed by atoms with van der Waals surface area (Å²) in [5, 5.41) is 12.7. The molecule has 0 spiro atoms. The SMILES string of the molecule is CN(CC(C)(C)O)C(=O)NCC1CCC(C)(C)CC1. The molecule has 1 fully saturated rings. The van der Waals surface area contributed by atoms with Crippen LogP contribution in [0.2, 0.25) is 0 Å². The molecule has 1 aliphatic rings. The van der Waals surface area contributed by atoms with Gasteiger partial charge in [0.1, 0.15) is 0 Å². The maximum absolute atomic E-state index is 11.9. The topological polar surface area (TPSA) is 52.6 Å². The predicted octanol–water partition coefficient (Wildman–Crippen LogP) is 2.62. The van der Waals surface area contributed by atoms with Crippen LogP contribution in [0, 0.1) is 11.3 Å². The van der Waals surface area contributed by atoms with E-state index in [4.69, 9.17) is 0 Å². The zero-order chi connectivity index (χ0) is 14.7. The summed E-state index contributed by atoms with van der Waals surface area (Å²) in [5.41, 5.74) is -0.376. The van der Waals surface area contributed by atoms with Crippen LogP contribution < -0.4 is 5.32 Å². The summed E-state index contributed by atoms with van der Waals surface area (Å²) in [6, 6.07) is -0.0908. The van der Waals surface area contributed by atoms with Crippen LogP contribution in [-0.2, 0) is 0 Å². The molecule has 1 aliphatic carbocycles. The molecule has 0 unspecified atom stereocenters. The van der Waals surface area contributed by atoms with Crippen LogP contribution in [0.15, 0.2) is 0 Å². The van der Waals surface area contributed by atoms with Crippen molar-refractivity contribution in [2.24, 2.45) is 11.3 Å². The van der Waals surface area contributed by atoms with E-state index < -0.39 is 5.60 Å². The fourth-order valence-electron chi connectivity index (χ4n) is 2.68. The molecule has 2 N–H and O–H groups in total. The molecule has 1 rings (SSSR count). The average molecular weight is 270 g/mol. The van der Waals surface area contributed by atoms with Crippen LogP contribution in [0.5, 0.6) is 0 Å². The number of rotatable bonds is 4. The van der Waals surface area contributed by atoms with E-state index in [1.165, 1.54) is 25.7 Å². The zero-order valence-corrected chi connectivity index (χ0v) is 13.1. The minimum atomic E-state index is -0.846. The first-order chi connectivity index (χ1) is 8.59. The van der Waals surface area contributed by atoms with Gasteiger partial charge >= 0.3 is 6.03 Å². The van der Waals surface area contributed by atoms with Gasteiger partial charge in [-0.05, 0) is 50.9 Å². The lowest BCUT2D eigenvalue weighted by Crippen LogP contribution is -2.46. The minimum Gasteiger partial charge on any atom is -0.389 e. The van der Waals surface area contributed by atoms with Crippen molar-refractivity contribution in [3.8, 4) is 0 Å². The van der Waals surface area contributed by atoms with Crippen molar-refractivity contribution in [1.29, 1.82) is 0 Å². The Morgan fingerprint density at radius 1 is 1.37 bits per heavy atom. The number of carbonyl (C=O) groups is 1. The molecule has 112 valence electrons. The van der Waals surface area contributed by atoms with E-state index in [2.05, 4.69) is 19.2 Å². The Bertz CT molecular complexity index is 298. The molecule has 1 saturated carbocycles. The van der Waals surface area contributed by atoms with Gasteiger partial charge in [-0.15, -0.1) is 0 Å². The highest BCUT2D eigenvalue weighted by Gasteiger charge is 2.27. The van der Waals surface area contributed by atoms with Crippen molar-refractivity contribution >= 4 is 6.03 Å². The lowest BCUT2D eigenvalue weighted by Gasteiger charge is -2.34. The van der Waals surface area contributed by atoms with Gasteiger partial charge in [0.05, 0.1) is 12.1 Å². The number of carbonyl (C=O) groups excluding carboxylic acids is 1. The van der Waals surface area contributed by atoms with Crippen LogP contribution in [0.25, 0.3) is 0 Å². The van der Waals surface area contributed by atoms with Gasteiger partial charge in [-0.1, -0.05) is 13.8 Å². The molecular weight excluding hydrogens is 240 g/mol. The zero-order valence-electron chi connectivity index (χ0n) is 13.1. The molecule has 0 aromatic heterocycles. The van der Waals surface area contributed by atoms with Crippen molar-refractivity contribution in [2.45, 2.75) is 59.0 Å². The smallest absolute Gasteiger partial charge is 0.317 e. The third-order valence-corrected chi connectivity index (χ3v) is 3.97. The fraction of sp³-hybridized carbons (Fsp3) is 0.933. The summed E-state index contributed by atoms with van der Waals surface area (Å²) < 4.78 is 0. The minimum absolute atomic E-state index is 0.0908. The lowest BCUT2D eigenvalue weighted by molar-refractivity contribution is 0.0529. The Kier molecular flexibility index (Phi) is 5.25. The second-order valence-corrected chi connectivity index (χ2v) is 7.46. The molecule has 0 aliphatic heterocycles. The van der Waals surface area contributed by atoms with Gasteiger partial charge < -0.3 is 15.3 Å². The molecule has 0 heterocycles. The molecule has 2 amide bonds. The highest BCUT2D eigenvalue weighted by molar-refractivity contribution is 5.73. The Morgan fingerprint density at radius 3 is 2.37 bits per heavy atom. The van der Waals surface area contributed by atoms with Gasteiger partial charge in [0.2, 0.25) is 0 Å². The van der Waals surface area contributed by atoms with E-state index >= 15 is 0 Å². The Morgan fingerprint density at radius 2 is 1.89 bits per heavy atom. The van der Waals surface area contributed by atoms with Gasteiger partial charge in [-0.3, -0.25) is 0 Å². The van der Waals surface area contributed by atoms with Crippen LogP contribution in [0.4, 0.5) is 4.79 Å². The summed E-state index contributed by atoms with van der Waals surface area (Å²) in [5.74, 6) is 0.604. The van der Waals surface area contributed by atoms with E-state index in [1.807, 2.05) is 0 Å². The summed E-state index contributed by atoms with van der Waals surface area (Å²) in [4.78, 5) is 13.4. The number of nitrogens with zero attached hydrogens (tertiary/aromatic N) is 1. The number of hydrogen-bond acceptors (Lipinski definition) is 2. The number of likely N-dealkylation sites (N-methyl/N-ethyl adjacent to an activating group) is 1. The Hall–Kier alpha value is -0.770. The molecule has 0 saturated heterocycles. The number of hydrogen-bond donors (Lipinski definition) is 2. The standard InChI is InChI=1S/C15H30N2O2/c1-14(2)8-6-12(7-9-14)10-16-13(18)17(5)11-15(3,4)19/h12,19H,6-11H2,1-5H3,(H,16,18). The maximum atomic E-state index is 11.9. The first-order valence-electron chi connectivity index (χ1n) is 7.30. The summed E-state index contributed by atoms with van der Waals surface area (Å²) in [7, 11) is 1.72. The van der Waals surface area contributed by atoms with Crippen molar-refractivity contribution in [2.75, 3.05) is 20.1 Å². The van der Waals surface area contributed by atoms with Gasteiger partial charge in [-0.25, -0.2) is 4.79 Å². The van der Waals surface area contributed by atoms with Crippen molar-refractivity contribution in [1.82, 2.24) is 10.2 Å². The highest BCUT2D eigenvalue weighted by Crippen LogP contribution is 2.37. The molecule has 0 bridgehead atoms. The highest BCUT2D eigenvalue weighted by atomic mass is 16.3. The van der Waals surface area contributed by atoms with Gasteiger partial charge in [0, 0.05) is 13.6 Å². The second-order valence-electron chi connectivity index (χ2n) is 7.46. The lowest BCUT2D eigenvalue weighted by atomic mass is 9.73. The van der Waals surface area contributed by atoms with E-state index in [1.54, 1.807) is 25.8 Å². The van der Waals surface area contributed by atoms with Crippen molar-refractivity contribution < 1.29 is 9.90 Å². The first-order valence-corrected chi connectivity index (χ1v) is 7.30. The maximum Gasteiger partial charge on any atom is 0.317 e. The molecular formula is C15H30N2O2. The van der Waals surface area contributed by atoms with E-state index in [0.29, 0.717) is 17.9 Å². The van der Waals surface area contributed by atoms with E-state index in [-0.39, 0.29) is 6.03 Å². The van der Waals surface area contributed by atoms with Gasteiger partial charge in [0.25, 0.3) is 0 Å². The normalized spacial score (nSPS) is 20.1. The number of nitrogens with one attached hydrogen (secondary N) is 1. The third-order valence-electron chi connectivity index (χ3n) is 3.97. The van der Waals surface area contributed by atoms with Crippen LogP contribution >= 0.6 is 0 Å².